The molecule has 11 heteroatoms. The van der Waals surface area contributed by atoms with Gasteiger partial charge in [0.05, 0.1) is 27.4 Å². The first-order valence-electron chi connectivity index (χ1n) is 10.8. The van der Waals surface area contributed by atoms with Gasteiger partial charge in [-0.2, -0.15) is 10.2 Å². The maximum atomic E-state index is 13.0. The fraction of sp³-hybridized carbons (Fsp3) is 0.304. The number of aromatic amines is 1. The number of benzene rings is 1. The molecule has 1 aromatic carbocycles. The summed E-state index contributed by atoms with van der Waals surface area (Å²) in [6, 6.07) is 5.37. The van der Waals surface area contributed by atoms with Crippen LogP contribution in [0.25, 0.3) is 10.9 Å². The maximum Gasteiger partial charge on any atom is 0.276 e. The van der Waals surface area contributed by atoms with Gasteiger partial charge in [0.15, 0.2) is 5.69 Å². The number of aromatic nitrogens is 5. The van der Waals surface area contributed by atoms with Gasteiger partial charge in [-0.1, -0.05) is 23.2 Å². The van der Waals surface area contributed by atoms with E-state index >= 15 is 0 Å². The Morgan fingerprint density at radius 3 is 2.76 bits per heavy atom. The van der Waals surface area contributed by atoms with Crippen molar-refractivity contribution in [1.82, 2.24) is 29.9 Å². The predicted molar refractivity (Wildman–Crippen MR) is 131 cm³/mol. The highest BCUT2D eigenvalue weighted by atomic mass is 35.5. The van der Waals surface area contributed by atoms with E-state index in [0.29, 0.717) is 38.3 Å². The molecule has 0 spiro atoms. The van der Waals surface area contributed by atoms with Crippen molar-refractivity contribution in [3.05, 3.63) is 64.3 Å². The molecule has 1 saturated heterocycles. The zero-order valence-electron chi connectivity index (χ0n) is 18.6. The van der Waals surface area contributed by atoms with Crippen LogP contribution in [0.15, 0.2) is 43.0 Å². The van der Waals surface area contributed by atoms with Crippen molar-refractivity contribution in [2.24, 2.45) is 5.92 Å². The molecular formula is C23H23Cl2N7O2. The van der Waals surface area contributed by atoms with Gasteiger partial charge in [0.1, 0.15) is 11.9 Å². The second-order valence-corrected chi connectivity index (χ2v) is 9.36. The van der Waals surface area contributed by atoms with Gasteiger partial charge in [-0.05, 0) is 32.2 Å². The Kier molecular flexibility index (Phi) is 6.16. The molecule has 1 aliphatic heterocycles. The molecule has 1 fully saturated rings. The Morgan fingerprint density at radius 1 is 1.26 bits per heavy atom. The molecule has 34 heavy (non-hydrogen) atoms. The highest BCUT2D eigenvalue weighted by Gasteiger charge is 2.24. The number of fused-ring (bicyclic) bond motifs is 1. The zero-order chi connectivity index (χ0) is 23.8. The SMILES string of the molecule is CC(Oc1ccc2[nH]nc(C(=O)Nc3cnn(CC4CN(C)C4)c3)c2c1)c1c(Cl)cncc1Cl. The van der Waals surface area contributed by atoms with Gasteiger partial charge < -0.3 is 15.0 Å². The lowest BCUT2D eigenvalue weighted by molar-refractivity contribution is 0.102. The summed E-state index contributed by atoms with van der Waals surface area (Å²) in [5.74, 6) is 0.804. The van der Waals surface area contributed by atoms with Gasteiger partial charge in [-0.15, -0.1) is 0 Å². The summed E-state index contributed by atoms with van der Waals surface area (Å²) in [6.45, 7) is 4.79. The average Bonchev–Trinajstić information content (AvgIpc) is 3.39. The van der Waals surface area contributed by atoms with Crippen LogP contribution >= 0.6 is 23.2 Å². The van der Waals surface area contributed by atoms with Gasteiger partial charge >= 0.3 is 0 Å². The van der Waals surface area contributed by atoms with Crippen LogP contribution in [0.1, 0.15) is 29.1 Å². The van der Waals surface area contributed by atoms with E-state index in [-0.39, 0.29) is 11.6 Å². The van der Waals surface area contributed by atoms with E-state index in [9.17, 15) is 4.79 Å². The van der Waals surface area contributed by atoms with Crippen molar-refractivity contribution in [3.8, 4) is 5.75 Å². The first-order valence-corrected chi connectivity index (χ1v) is 11.6. The Morgan fingerprint density at radius 2 is 2.03 bits per heavy atom. The summed E-state index contributed by atoms with van der Waals surface area (Å²) < 4.78 is 7.93. The summed E-state index contributed by atoms with van der Waals surface area (Å²) in [5, 5.41) is 15.8. The third-order valence-corrected chi connectivity index (χ3v) is 6.44. The molecule has 1 amide bonds. The molecule has 4 heterocycles. The molecule has 0 radical (unpaired) electrons. The van der Waals surface area contributed by atoms with E-state index in [1.807, 2.05) is 23.9 Å². The maximum absolute atomic E-state index is 13.0. The Labute approximate surface area is 206 Å². The minimum atomic E-state index is -0.425. The van der Waals surface area contributed by atoms with Crippen LogP contribution in [-0.4, -0.2) is 55.9 Å². The van der Waals surface area contributed by atoms with Crippen molar-refractivity contribution in [3.63, 3.8) is 0 Å². The van der Waals surface area contributed by atoms with Crippen LogP contribution < -0.4 is 10.1 Å². The monoisotopic (exact) mass is 499 g/mol. The Balaban J connectivity index is 1.31. The number of H-pyrrole nitrogens is 1. The van der Waals surface area contributed by atoms with Crippen molar-refractivity contribution < 1.29 is 9.53 Å². The number of anilines is 1. The van der Waals surface area contributed by atoms with Crippen molar-refractivity contribution >= 4 is 45.7 Å². The number of hydrogen-bond acceptors (Lipinski definition) is 6. The number of hydrogen-bond donors (Lipinski definition) is 2. The first-order chi connectivity index (χ1) is 16.4. The quantitative estimate of drug-likeness (QED) is 0.390. The van der Waals surface area contributed by atoms with Crippen LogP contribution in [0.5, 0.6) is 5.75 Å². The molecule has 0 bridgehead atoms. The number of amides is 1. The van der Waals surface area contributed by atoms with Crippen LogP contribution in [0.2, 0.25) is 10.0 Å². The second-order valence-electron chi connectivity index (χ2n) is 8.55. The fourth-order valence-corrected chi connectivity index (χ4v) is 4.91. The molecule has 1 unspecified atom stereocenters. The van der Waals surface area contributed by atoms with E-state index in [0.717, 1.165) is 25.2 Å². The van der Waals surface area contributed by atoms with Crippen LogP contribution in [-0.2, 0) is 6.54 Å². The summed E-state index contributed by atoms with van der Waals surface area (Å²) in [7, 11) is 2.10. The topological polar surface area (TPSA) is 101 Å². The third-order valence-electron chi connectivity index (χ3n) is 5.84. The number of nitrogens with zero attached hydrogens (tertiary/aromatic N) is 5. The van der Waals surface area contributed by atoms with Gasteiger partial charge in [0.25, 0.3) is 5.91 Å². The molecule has 4 aromatic rings. The van der Waals surface area contributed by atoms with E-state index in [1.165, 1.54) is 12.4 Å². The minimum Gasteiger partial charge on any atom is -0.486 e. The van der Waals surface area contributed by atoms with Gasteiger partial charge in [-0.3, -0.25) is 19.6 Å². The van der Waals surface area contributed by atoms with E-state index in [2.05, 4.69) is 37.5 Å². The lowest BCUT2D eigenvalue weighted by Crippen LogP contribution is -2.45. The number of likely N-dealkylation sites (tertiary alicyclic amines) is 1. The molecule has 176 valence electrons. The number of carbonyl (C=O) groups is 1. The summed E-state index contributed by atoms with van der Waals surface area (Å²) in [4.78, 5) is 19.2. The summed E-state index contributed by atoms with van der Waals surface area (Å²) >= 11 is 12.5. The van der Waals surface area contributed by atoms with E-state index in [1.54, 1.807) is 18.3 Å². The lowest BCUT2D eigenvalue weighted by atomic mass is 10.0. The van der Waals surface area contributed by atoms with Crippen LogP contribution in [0.4, 0.5) is 5.69 Å². The molecular weight excluding hydrogens is 477 g/mol. The van der Waals surface area contributed by atoms with Crippen molar-refractivity contribution in [1.29, 1.82) is 0 Å². The first kappa shape index (κ1) is 22.6. The molecule has 1 aliphatic rings. The molecule has 5 rings (SSSR count). The summed E-state index contributed by atoms with van der Waals surface area (Å²) in [6.07, 6.45) is 6.11. The third kappa shape index (κ3) is 4.59. The largest absolute Gasteiger partial charge is 0.486 e. The van der Waals surface area contributed by atoms with Crippen LogP contribution in [0.3, 0.4) is 0 Å². The highest BCUT2D eigenvalue weighted by Crippen LogP contribution is 2.33. The fourth-order valence-electron chi connectivity index (χ4n) is 4.24. The Bertz CT molecular complexity index is 1330. The number of rotatable bonds is 7. The number of halogens is 2. The molecule has 0 aliphatic carbocycles. The number of ether oxygens (including phenoxy) is 1. The zero-order valence-corrected chi connectivity index (χ0v) is 20.1. The normalized spacial score (nSPS) is 15.3. The van der Waals surface area contributed by atoms with Crippen LogP contribution in [0, 0.1) is 5.92 Å². The standard InChI is InChI=1S/C23H23Cl2N7O2/c1-13(21-18(24)7-26-8-19(21)25)34-16-3-4-20-17(5-16)22(30-29-20)23(33)28-15-6-27-32(12-15)11-14-9-31(2)10-14/h3-8,12-14H,9-11H2,1-2H3,(H,28,33)(H,29,30). The minimum absolute atomic E-state index is 0.265. The Hall–Kier alpha value is -3.14. The molecule has 9 nitrogen and oxygen atoms in total. The molecule has 1 atom stereocenters. The van der Waals surface area contributed by atoms with Gasteiger partial charge in [0.2, 0.25) is 0 Å². The number of pyridine rings is 1. The van der Waals surface area contributed by atoms with Crippen molar-refractivity contribution in [2.75, 3.05) is 25.5 Å². The predicted octanol–water partition coefficient (Wildman–Crippen LogP) is 4.42. The molecule has 3 aromatic heterocycles. The average molecular weight is 500 g/mol. The smallest absolute Gasteiger partial charge is 0.276 e. The van der Waals surface area contributed by atoms with E-state index < -0.39 is 6.10 Å². The van der Waals surface area contributed by atoms with Gasteiger partial charge in [-0.25, -0.2) is 0 Å². The number of carbonyl (C=O) groups excluding carboxylic acids is 1. The van der Waals surface area contributed by atoms with Crippen molar-refractivity contribution in [2.45, 2.75) is 19.6 Å². The summed E-state index contributed by atoms with van der Waals surface area (Å²) in [5.41, 5.74) is 2.25. The molecule has 0 saturated carbocycles. The molecule has 2 N–H and O–H groups in total. The highest BCUT2D eigenvalue weighted by molar-refractivity contribution is 6.35. The van der Waals surface area contributed by atoms with E-state index in [4.69, 9.17) is 27.9 Å². The second kappa shape index (κ2) is 9.25. The lowest BCUT2D eigenvalue weighted by Gasteiger charge is -2.35. The number of nitrogens with one attached hydrogen (secondary N) is 2. The van der Waals surface area contributed by atoms with Gasteiger partial charge in [0, 0.05) is 55.1 Å².